The molecule has 2 aromatic carbocycles. The molecule has 0 amide bonds. The summed E-state index contributed by atoms with van der Waals surface area (Å²) in [4.78, 5) is 0. The fourth-order valence-electron chi connectivity index (χ4n) is 1.91. The van der Waals surface area contributed by atoms with Crippen molar-refractivity contribution in [3.63, 3.8) is 0 Å². The Balaban J connectivity index is 2.14. The van der Waals surface area contributed by atoms with Gasteiger partial charge in [-0.15, -0.1) is 0 Å². The van der Waals surface area contributed by atoms with Crippen molar-refractivity contribution in [1.29, 1.82) is 0 Å². The maximum absolute atomic E-state index is 12.7. The van der Waals surface area contributed by atoms with Crippen LogP contribution in [0.15, 0.2) is 48.5 Å². The van der Waals surface area contributed by atoms with Crippen LogP contribution in [0.5, 0.6) is 0 Å². The molecule has 0 fully saturated rings. The largest absolute Gasteiger partial charge is 0.388 e. The lowest BCUT2D eigenvalue weighted by Gasteiger charge is -2.13. The van der Waals surface area contributed by atoms with Gasteiger partial charge in [0.2, 0.25) is 0 Å². The van der Waals surface area contributed by atoms with Gasteiger partial charge in [0.1, 0.15) is 5.82 Å². The lowest BCUT2D eigenvalue weighted by Crippen LogP contribution is -2.03. The molecule has 0 aliphatic carbocycles. The Labute approximate surface area is 101 Å². The van der Waals surface area contributed by atoms with E-state index in [1.165, 1.54) is 12.1 Å². The predicted molar refractivity (Wildman–Crippen MR) is 66.2 cm³/mol. The van der Waals surface area contributed by atoms with Gasteiger partial charge in [0.25, 0.3) is 0 Å². The summed E-state index contributed by atoms with van der Waals surface area (Å²) >= 11 is 0. The highest BCUT2D eigenvalue weighted by atomic mass is 19.1. The second kappa shape index (κ2) is 5.11. The van der Waals surface area contributed by atoms with Crippen LogP contribution in [0, 0.1) is 12.7 Å². The summed E-state index contributed by atoms with van der Waals surface area (Å²) in [5.41, 5.74) is 2.93. The standard InChI is InChI=1S/C15H15FO/c1-11-4-2-3-5-14(11)15(17)10-12-6-8-13(16)9-7-12/h2-9,15,17H,10H2,1H3. The zero-order valence-corrected chi connectivity index (χ0v) is 9.73. The molecule has 17 heavy (non-hydrogen) atoms. The van der Waals surface area contributed by atoms with E-state index in [1.54, 1.807) is 12.1 Å². The fourth-order valence-corrected chi connectivity index (χ4v) is 1.91. The van der Waals surface area contributed by atoms with Gasteiger partial charge in [-0.25, -0.2) is 4.39 Å². The minimum absolute atomic E-state index is 0.251. The van der Waals surface area contributed by atoms with E-state index in [4.69, 9.17) is 0 Å². The molecule has 0 aromatic heterocycles. The highest BCUT2D eigenvalue weighted by molar-refractivity contribution is 5.29. The lowest BCUT2D eigenvalue weighted by atomic mass is 9.98. The van der Waals surface area contributed by atoms with Crippen molar-refractivity contribution in [2.24, 2.45) is 0 Å². The van der Waals surface area contributed by atoms with E-state index in [2.05, 4.69) is 0 Å². The number of hydrogen-bond acceptors (Lipinski definition) is 1. The molecule has 1 unspecified atom stereocenters. The van der Waals surface area contributed by atoms with E-state index in [1.807, 2.05) is 31.2 Å². The molecule has 2 aromatic rings. The molecule has 0 heterocycles. The molecule has 2 heteroatoms. The summed E-state index contributed by atoms with van der Waals surface area (Å²) in [5, 5.41) is 10.1. The van der Waals surface area contributed by atoms with E-state index in [0.29, 0.717) is 6.42 Å². The number of rotatable bonds is 3. The number of aryl methyl sites for hydroxylation is 1. The van der Waals surface area contributed by atoms with Crippen LogP contribution in [0.4, 0.5) is 4.39 Å². The van der Waals surface area contributed by atoms with Crippen LogP contribution in [0.3, 0.4) is 0 Å². The highest BCUT2D eigenvalue weighted by Crippen LogP contribution is 2.21. The van der Waals surface area contributed by atoms with Crippen LogP contribution in [0.25, 0.3) is 0 Å². The van der Waals surface area contributed by atoms with Crippen molar-refractivity contribution in [3.8, 4) is 0 Å². The van der Waals surface area contributed by atoms with Crippen LogP contribution < -0.4 is 0 Å². The third-order valence-corrected chi connectivity index (χ3v) is 2.89. The van der Waals surface area contributed by atoms with Crippen LogP contribution in [-0.2, 0) is 6.42 Å². The van der Waals surface area contributed by atoms with Crippen molar-refractivity contribution >= 4 is 0 Å². The van der Waals surface area contributed by atoms with Gasteiger partial charge in [0.05, 0.1) is 6.10 Å². The maximum atomic E-state index is 12.7. The Kier molecular flexibility index (Phi) is 3.55. The summed E-state index contributed by atoms with van der Waals surface area (Å²) in [6.07, 6.45) is -0.0350. The Bertz CT molecular complexity index is 491. The van der Waals surface area contributed by atoms with E-state index >= 15 is 0 Å². The van der Waals surface area contributed by atoms with E-state index in [0.717, 1.165) is 16.7 Å². The Morgan fingerprint density at radius 2 is 1.71 bits per heavy atom. The summed E-state index contributed by atoms with van der Waals surface area (Å²) < 4.78 is 12.7. The molecule has 0 radical (unpaired) electrons. The van der Waals surface area contributed by atoms with Gasteiger partial charge in [0, 0.05) is 6.42 Å². The molecule has 1 nitrogen and oxygen atoms in total. The maximum Gasteiger partial charge on any atom is 0.123 e. The quantitative estimate of drug-likeness (QED) is 0.856. The second-order valence-electron chi connectivity index (χ2n) is 4.20. The fraction of sp³-hybridized carbons (Fsp3) is 0.200. The first-order valence-corrected chi connectivity index (χ1v) is 5.65. The molecule has 0 aliphatic rings. The Morgan fingerprint density at radius 1 is 1.06 bits per heavy atom. The minimum atomic E-state index is -0.540. The molecule has 0 saturated heterocycles. The lowest BCUT2D eigenvalue weighted by molar-refractivity contribution is 0.177. The van der Waals surface area contributed by atoms with Gasteiger partial charge in [-0.2, -0.15) is 0 Å². The van der Waals surface area contributed by atoms with Crippen LogP contribution in [0.2, 0.25) is 0 Å². The summed E-state index contributed by atoms with van der Waals surface area (Å²) in [5.74, 6) is -0.251. The Hall–Kier alpha value is -1.67. The van der Waals surface area contributed by atoms with Gasteiger partial charge in [-0.3, -0.25) is 0 Å². The number of halogens is 1. The van der Waals surface area contributed by atoms with Crippen LogP contribution in [0.1, 0.15) is 22.8 Å². The van der Waals surface area contributed by atoms with Crippen molar-refractivity contribution in [1.82, 2.24) is 0 Å². The third-order valence-electron chi connectivity index (χ3n) is 2.89. The molecule has 0 aliphatic heterocycles. The molecule has 0 saturated carbocycles. The minimum Gasteiger partial charge on any atom is -0.388 e. The van der Waals surface area contributed by atoms with E-state index < -0.39 is 6.10 Å². The number of aliphatic hydroxyl groups excluding tert-OH is 1. The van der Waals surface area contributed by atoms with Crippen molar-refractivity contribution in [3.05, 3.63) is 71.0 Å². The smallest absolute Gasteiger partial charge is 0.123 e. The number of benzene rings is 2. The molecule has 0 spiro atoms. The molecule has 0 bridgehead atoms. The average Bonchev–Trinajstić information content (AvgIpc) is 2.32. The SMILES string of the molecule is Cc1ccccc1C(O)Cc1ccc(F)cc1. The predicted octanol–water partition coefficient (Wildman–Crippen LogP) is 3.41. The van der Waals surface area contributed by atoms with Crippen LogP contribution in [-0.4, -0.2) is 5.11 Å². The van der Waals surface area contributed by atoms with Gasteiger partial charge < -0.3 is 5.11 Å². The van der Waals surface area contributed by atoms with E-state index in [-0.39, 0.29) is 5.82 Å². The van der Waals surface area contributed by atoms with Gasteiger partial charge in [-0.1, -0.05) is 36.4 Å². The first kappa shape index (κ1) is 11.8. The average molecular weight is 230 g/mol. The first-order valence-electron chi connectivity index (χ1n) is 5.65. The molecular formula is C15H15FO. The van der Waals surface area contributed by atoms with E-state index in [9.17, 15) is 9.50 Å². The van der Waals surface area contributed by atoms with Gasteiger partial charge in [-0.05, 0) is 35.7 Å². The highest BCUT2D eigenvalue weighted by Gasteiger charge is 2.10. The zero-order chi connectivity index (χ0) is 12.3. The molecule has 2 rings (SSSR count). The normalized spacial score (nSPS) is 12.4. The molecule has 1 atom stereocenters. The topological polar surface area (TPSA) is 20.2 Å². The number of aliphatic hydroxyl groups is 1. The Morgan fingerprint density at radius 3 is 2.35 bits per heavy atom. The molecule has 88 valence electrons. The zero-order valence-electron chi connectivity index (χ0n) is 9.73. The summed E-state index contributed by atoms with van der Waals surface area (Å²) in [7, 11) is 0. The number of hydrogen-bond donors (Lipinski definition) is 1. The second-order valence-corrected chi connectivity index (χ2v) is 4.20. The first-order chi connectivity index (χ1) is 8.16. The van der Waals surface area contributed by atoms with Crippen molar-refractivity contribution in [2.75, 3.05) is 0 Å². The van der Waals surface area contributed by atoms with Gasteiger partial charge in [0.15, 0.2) is 0 Å². The monoisotopic (exact) mass is 230 g/mol. The summed E-state index contributed by atoms with van der Waals surface area (Å²) in [6, 6.07) is 14.0. The summed E-state index contributed by atoms with van der Waals surface area (Å²) in [6.45, 7) is 1.98. The van der Waals surface area contributed by atoms with Crippen molar-refractivity contribution < 1.29 is 9.50 Å². The van der Waals surface area contributed by atoms with Crippen LogP contribution >= 0.6 is 0 Å². The molecular weight excluding hydrogens is 215 g/mol. The third kappa shape index (κ3) is 2.92. The van der Waals surface area contributed by atoms with Crippen molar-refractivity contribution in [2.45, 2.75) is 19.4 Å². The molecule has 1 N–H and O–H groups in total. The van der Waals surface area contributed by atoms with Gasteiger partial charge >= 0.3 is 0 Å².